The Bertz CT molecular complexity index is 991. The number of hydrogen-bond acceptors (Lipinski definition) is 6. The van der Waals surface area contributed by atoms with E-state index in [9.17, 15) is 4.79 Å². The van der Waals surface area contributed by atoms with E-state index >= 15 is 0 Å². The van der Waals surface area contributed by atoms with Crippen molar-refractivity contribution >= 4 is 17.7 Å². The maximum atomic E-state index is 12.8. The molecule has 1 atom stereocenters. The topological polar surface area (TPSA) is 73.1 Å². The van der Waals surface area contributed by atoms with E-state index in [1.54, 1.807) is 19.5 Å². The van der Waals surface area contributed by atoms with E-state index in [0.29, 0.717) is 22.8 Å². The van der Waals surface area contributed by atoms with Crippen LogP contribution in [0, 0.1) is 0 Å². The number of benzene rings is 1. The number of aromatic nitrogens is 4. The number of rotatable bonds is 6. The first-order valence-corrected chi connectivity index (χ1v) is 11.1. The van der Waals surface area contributed by atoms with E-state index in [4.69, 9.17) is 4.74 Å². The van der Waals surface area contributed by atoms with Crippen molar-refractivity contribution < 1.29 is 9.53 Å². The molecule has 3 aromatic rings. The highest BCUT2D eigenvalue weighted by Crippen LogP contribution is 2.29. The average molecular weight is 424 g/mol. The highest BCUT2D eigenvalue weighted by molar-refractivity contribution is 7.99. The van der Waals surface area contributed by atoms with E-state index in [-0.39, 0.29) is 5.91 Å². The second-order valence-corrected chi connectivity index (χ2v) is 8.24. The average Bonchev–Trinajstić information content (AvgIpc) is 3.22. The summed E-state index contributed by atoms with van der Waals surface area (Å²) in [7, 11) is 1.64. The van der Waals surface area contributed by atoms with E-state index in [1.807, 2.05) is 45.9 Å². The van der Waals surface area contributed by atoms with Crippen LogP contribution >= 0.6 is 11.8 Å². The second-order valence-electron chi connectivity index (χ2n) is 7.30. The number of hydrogen-bond donors (Lipinski definition) is 0. The van der Waals surface area contributed by atoms with E-state index in [0.717, 1.165) is 36.4 Å². The molecular weight excluding hydrogens is 398 g/mol. The first kappa shape index (κ1) is 20.4. The van der Waals surface area contributed by atoms with Crippen molar-refractivity contribution in [3.8, 4) is 22.8 Å². The van der Waals surface area contributed by atoms with Crippen molar-refractivity contribution in [2.45, 2.75) is 37.4 Å². The summed E-state index contributed by atoms with van der Waals surface area (Å²) in [5.74, 6) is 1.99. The van der Waals surface area contributed by atoms with Crippen LogP contribution in [0.5, 0.6) is 5.75 Å². The Morgan fingerprint density at radius 3 is 2.60 bits per heavy atom. The van der Waals surface area contributed by atoms with Crippen LogP contribution in [-0.2, 0) is 4.79 Å². The van der Waals surface area contributed by atoms with Gasteiger partial charge in [0.25, 0.3) is 0 Å². The van der Waals surface area contributed by atoms with Gasteiger partial charge < -0.3 is 9.64 Å². The molecule has 0 N–H and O–H groups in total. The molecule has 1 aromatic carbocycles. The Kier molecular flexibility index (Phi) is 6.32. The van der Waals surface area contributed by atoms with Gasteiger partial charge >= 0.3 is 0 Å². The number of ether oxygens (including phenoxy) is 1. The summed E-state index contributed by atoms with van der Waals surface area (Å²) >= 11 is 1.42. The number of likely N-dealkylation sites (tertiary alicyclic amines) is 1. The van der Waals surface area contributed by atoms with Gasteiger partial charge in [-0.1, -0.05) is 11.8 Å². The first-order valence-electron chi connectivity index (χ1n) is 10.1. The van der Waals surface area contributed by atoms with Gasteiger partial charge in [-0.15, -0.1) is 10.2 Å². The summed E-state index contributed by atoms with van der Waals surface area (Å²) < 4.78 is 7.26. The minimum absolute atomic E-state index is 0.155. The van der Waals surface area contributed by atoms with Gasteiger partial charge in [-0.2, -0.15) is 0 Å². The maximum Gasteiger partial charge on any atom is 0.233 e. The van der Waals surface area contributed by atoms with Crippen molar-refractivity contribution in [2.75, 3.05) is 19.4 Å². The molecule has 0 saturated carbocycles. The van der Waals surface area contributed by atoms with Gasteiger partial charge in [-0.3, -0.25) is 14.3 Å². The molecule has 0 bridgehead atoms. The zero-order chi connectivity index (χ0) is 20.9. The van der Waals surface area contributed by atoms with Crippen LogP contribution in [0.15, 0.2) is 53.9 Å². The normalized spacial score (nSPS) is 16.5. The summed E-state index contributed by atoms with van der Waals surface area (Å²) in [5.41, 5.74) is 1.82. The molecular formula is C22H25N5O2S. The molecule has 0 radical (unpaired) electrons. The van der Waals surface area contributed by atoms with Gasteiger partial charge in [-0.25, -0.2) is 0 Å². The Balaban J connectivity index is 1.62. The fourth-order valence-electron chi connectivity index (χ4n) is 3.69. The summed E-state index contributed by atoms with van der Waals surface area (Å²) in [6, 6.07) is 11.8. The predicted octanol–water partition coefficient (Wildman–Crippen LogP) is 3.83. The number of pyridine rings is 1. The highest BCUT2D eigenvalue weighted by atomic mass is 32.2. The lowest BCUT2D eigenvalue weighted by Gasteiger charge is -2.33. The van der Waals surface area contributed by atoms with Crippen LogP contribution in [0.2, 0.25) is 0 Å². The number of nitrogens with zero attached hydrogens (tertiary/aromatic N) is 5. The van der Waals surface area contributed by atoms with Gasteiger partial charge in [-0.05, 0) is 62.6 Å². The number of carbonyl (C=O) groups is 1. The van der Waals surface area contributed by atoms with Crippen molar-refractivity contribution in [1.29, 1.82) is 0 Å². The molecule has 4 rings (SSSR count). The molecule has 30 heavy (non-hydrogen) atoms. The molecule has 0 aliphatic carbocycles. The molecule has 1 aliphatic heterocycles. The minimum atomic E-state index is 0.155. The lowest BCUT2D eigenvalue weighted by molar-refractivity contribution is -0.131. The molecule has 156 valence electrons. The third-order valence-corrected chi connectivity index (χ3v) is 6.26. The lowest BCUT2D eigenvalue weighted by atomic mass is 10.0. The minimum Gasteiger partial charge on any atom is -0.497 e. The molecule has 0 spiro atoms. The standard InChI is InChI=1S/C22H25N5O2S/c1-16-5-3-4-14-26(16)20(28)15-30-22-25-24-21(17-10-12-23-13-11-17)27(22)18-6-8-19(29-2)9-7-18/h6-13,16H,3-5,14-15H2,1-2H3/t16-/m1/s1. The third kappa shape index (κ3) is 4.33. The zero-order valence-corrected chi connectivity index (χ0v) is 18.0. The van der Waals surface area contributed by atoms with Gasteiger partial charge in [0.05, 0.1) is 12.9 Å². The van der Waals surface area contributed by atoms with Gasteiger partial charge in [0, 0.05) is 36.2 Å². The fraction of sp³-hybridized carbons (Fsp3) is 0.364. The van der Waals surface area contributed by atoms with Crippen molar-refractivity contribution in [2.24, 2.45) is 0 Å². The van der Waals surface area contributed by atoms with Crippen molar-refractivity contribution in [3.63, 3.8) is 0 Å². The molecule has 3 heterocycles. The Hall–Kier alpha value is -2.87. The number of amides is 1. The third-order valence-electron chi connectivity index (χ3n) is 5.35. The Morgan fingerprint density at radius 1 is 1.13 bits per heavy atom. The van der Waals surface area contributed by atoms with Gasteiger partial charge in [0.1, 0.15) is 5.75 Å². The van der Waals surface area contributed by atoms with E-state index < -0.39 is 0 Å². The summed E-state index contributed by atoms with van der Waals surface area (Å²) in [4.78, 5) is 18.9. The molecule has 1 fully saturated rings. The number of methoxy groups -OCH3 is 1. The largest absolute Gasteiger partial charge is 0.497 e. The van der Waals surface area contributed by atoms with Crippen LogP contribution in [0.3, 0.4) is 0 Å². The zero-order valence-electron chi connectivity index (χ0n) is 17.2. The van der Waals surface area contributed by atoms with Gasteiger partial charge in [0.15, 0.2) is 11.0 Å². The summed E-state index contributed by atoms with van der Waals surface area (Å²) in [6.45, 7) is 2.97. The van der Waals surface area contributed by atoms with Gasteiger partial charge in [0.2, 0.25) is 5.91 Å². The number of thioether (sulfide) groups is 1. The number of piperidine rings is 1. The van der Waals surface area contributed by atoms with Crippen LogP contribution < -0.4 is 4.74 Å². The Labute approximate surface area is 180 Å². The smallest absolute Gasteiger partial charge is 0.233 e. The SMILES string of the molecule is COc1ccc(-n2c(SCC(=O)N3CCCC[C@H]3C)nnc2-c2ccncc2)cc1. The molecule has 0 unspecified atom stereocenters. The monoisotopic (exact) mass is 423 g/mol. The van der Waals surface area contributed by atoms with Crippen molar-refractivity contribution in [1.82, 2.24) is 24.6 Å². The maximum absolute atomic E-state index is 12.8. The quantitative estimate of drug-likeness (QED) is 0.561. The first-order chi connectivity index (χ1) is 14.7. The highest BCUT2D eigenvalue weighted by Gasteiger charge is 2.24. The second kappa shape index (κ2) is 9.30. The Morgan fingerprint density at radius 2 is 1.90 bits per heavy atom. The molecule has 1 amide bonds. The van der Waals surface area contributed by atoms with E-state index in [2.05, 4.69) is 22.1 Å². The van der Waals surface area contributed by atoms with E-state index in [1.165, 1.54) is 18.2 Å². The lowest BCUT2D eigenvalue weighted by Crippen LogP contribution is -2.42. The van der Waals surface area contributed by atoms with Crippen LogP contribution in [0.4, 0.5) is 0 Å². The van der Waals surface area contributed by atoms with Crippen LogP contribution in [0.25, 0.3) is 17.1 Å². The molecule has 7 nitrogen and oxygen atoms in total. The van der Waals surface area contributed by atoms with Crippen LogP contribution in [-0.4, -0.2) is 56.0 Å². The summed E-state index contributed by atoms with van der Waals surface area (Å²) in [6.07, 6.45) is 6.81. The molecule has 1 saturated heterocycles. The van der Waals surface area contributed by atoms with Crippen LogP contribution in [0.1, 0.15) is 26.2 Å². The molecule has 1 aliphatic rings. The fourth-order valence-corrected chi connectivity index (χ4v) is 4.53. The molecule has 8 heteroatoms. The molecule has 2 aromatic heterocycles. The summed E-state index contributed by atoms with van der Waals surface area (Å²) in [5, 5.41) is 9.51. The van der Waals surface area contributed by atoms with Crippen molar-refractivity contribution in [3.05, 3.63) is 48.8 Å². The predicted molar refractivity (Wildman–Crippen MR) is 117 cm³/mol. The number of carbonyl (C=O) groups excluding carboxylic acids is 1.